The fourth-order valence-corrected chi connectivity index (χ4v) is 7.04. The van der Waals surface area contributed by atoms with Crippen molar-refractivity contribution in [2.75, 3.05) is 19.8 Å². The molecule has 3 fully saturated rings. The Morgan fingerprint density at radius 3 is 2.47 bits per heavy atom. The molecule has 2 aromatic carbocycles. The molecule has 2 saturated heterocycles. The molecule has 236 valence electrons. The molecule has 1 aliphatic carbocycles. The van der Waals surface area contributed by atoms with Crippen molar-refractivity contribution in [1.29, 1.82) is 0 Å². The predicted octanol–water partition coefficient (Wildman–Crippen LogP) is 3.80. The van der Waals surface area contributed by atoms with Crippen LogP contribution in [-0.2, 0) is 35.5 Å². The van der Waals surface area contributed by atoms with Crippen LogP contribution in [-0.4, -0.2) is 80.6 Å². The van der Waals surface area contributed by atoms with Gasteiger partial charge in [0.05, 0.1) is 54.9 Å². The molecule has 2 heterocycles. The van der Waals surface area contributed by atoms with Gasteiger partial charge in [-0.25, -0.2) is 13.2 Å². The molecule has 43 heavy (non-hydrogen) atoms. The Morgan fingerprint density at radius 1 is 1.05 bits per heavy atom. The normalized spacial score (nSPS) is 23.8. The van der Waals surface area contributed by atoms with E-state index >= 15 is 0 Å². The smallest absolute Gasteiger partial charge is 0.407 e. The molecule has 3 aliphatic rings. The van der Waals surface area contributed by atoms with E-state index < -0.39 is 40.9 Å². The van der Waals surface area contributed by atoms with Crippen molar-refractivity contribution in [1.82, 2.24) is 9.79 Å². The molecule has 0 aromatic heterocycles. The van der Waals surface area contributed by atoms with Gasteiger partial charge >= 0.3 is 6.09 Å². The minimum Gasteiger partial charge on any atom is -0.491 e. The van der Waals surface area contributed by atoms with Crippen molar-refractivity contribution in [3.63, 3.8) is 0 Å². The largest absolute Gasteiger partial charge is 0.491 e. The van der Waals surface area contributed by atoms with E-state index in [0.717, 1.165) is 42.1 Å². The second-order valence-electron chi connectivity index (χ2n) is 11.6. The lowest BCUT2D eigenvalue weighted by Gasteiger charge is -2.31. The summed E-state index contributed by atoms with van der Waals surface area (Å²) in [6, 6.07) is 14.6. The molecule has 0 radical (unpaired) electrons. The monoisotopic (exact) mass is 618 g/mol. The van der Waals surface area contributed by atoms with Crippen molar-refractivity contribution >= 4 is 16.1 Å². The number of hydroxylamine groups is 1. The number of nitrogens with one attached hydrogen (secondary N) is 1. The lowest BCUT2D eigenvalue weighted by Crippen LogP contribution is -2.51. The number of amides is 1. The van der Waals surface area contributed by atoms with Gasteiger partial charge in [0.2, 0.25) is 0 Å². The molecule has 2 aromatic rings. The molecule has 2 aliphatic heterocycles. The molecule has 2 unspecified atom stereocenters. The Balaban J connectivity index is 1.33. The maximum absolute atomic E-state index is 13.8. The predicted molar refractivity (Wildman–Crippen MR) is 157 cm³/mol. The maximum Gasteiger partial charge on any atom is 0.407 e. The molecule has 0 spiro atoms. The SMILES string of the molecule is CC(C)Oc1ccc(S(=O)(=O)N(C[C@H](O)C(Cc2ccccc2)NC(=O)OC2CO[C@H]3OCC[C@@H]23)OC2CCCC2)cc1. The topological polar surface area (TPSA) is 133 Å². The second-order valence-corrected chi connectivity index (χ2v) is 13.4. The Bertz CT molecular complexity index is 1290. The quantitative estimate of drug-likeness (QED) is 0.322. The molecule has 11 nitrogen and oxygen atoms in total. The third-order valence-electron chi connectivity index (χ3n) is 7.98. The van der Waals surface area contributed by atoms with Crippen molar-refractivity contribution in [3.8, 4) is 5.75 Å². The van der Waals surface area contributed by atoms with Crippen molar-refractivity contribution in [3.05, 3.63) is 60.2 Å². The van der Waals surface area contributed by atoms with E-state index in [1.165, 1.54) is 12.1 Å². The van der Waals surface area contributed by atoms with Crippen molar-refractivity contribution in [2.24, 2.45) is 5.92 Å². The van der Waals surface area contributed by atoms with Crippen LogP contribution in [0.5, 0.6) is 5.75 Å². The van der Waals surface area contributed by atoms with Crippen LogP contribution in [0.2, 0.25) is 0 Å². The van der Waals surface area contributed by atoms with Gasteiger partial charge in [-0.05, 0) is 69.4 Å². The molecule has 1 saturated carbocycles. The number of aliphatic hydroxyl groups excluding tert-OH is 1. The molecular formula is C31H42N2O9S. The minimum absolute atomic E-state index is 0.00958. The summed E-state index contributed by atoms with van der Waals surface area (Å²) in [5.74, 6) is 0.507. The first-order chi connectivity index (χ1) is 20.7. The van der Waals surface area contributed by atoms with Crippen LogP contribution < -0.4 is 10.1 Å². The van der Waals surface area contributed by atoms with Crippen LogP contribution in [0.25, 0.3) is 0 Å². The van der Waals surface area contributed by atoms with Gasteiger partial charge in [-0.15, -0.1) is 0 Å². The van der Waals surface area contributed by atoms with E-state index in [9.17, 15) is 18.3 Å². The van der Waals surface area contributed by atoms with Gasteiger partial charge in [-0.1, -0.05) is 47.6 Å². The van der Waals surface area contributed by atoms with E-state index in [2.05, 4.69) is 5.32 Å². The fraction of sp³-hybridized carbons (Fsp3) is 0.581. The average Bonchev–Trinajstić information content (AvgIpc) is 3.74. The Kier molecular flexibility index (Phi) is 10.6. The Morgan fingerprint density at radius 2 is 1.77 bits per heavy atom. The number of benzene rings is 2. The number of rotatable bonds is 13. The highest BCUT2D eigenvalue weighted by Crippen LogP contribution is 2.33. The van der Waals surface area contributed by atoms with Gasteiger partial charge in [0.15, 0.2) is 6.29 Å². The molecule has 5 atom stereocenters. The van der Waals surface area contributed by atoms with E-state index in [1.807, 2.05) is 44.2 Å². The van der Waals surface area contributed by atoms with Crippen LogP contribution in [0.3, 0.4) is 0 Å². The summed E-state index contributed by atoms with van der Waals surface area (Å²) in [6.45, 7) is 4.16. The van der Waals surface area contributed by atoms with Crippen LogP contribution in [0.15, 0.2) is 59.5 Å². The van der Waals surface area contributed by atoms with E-state index in [0.29, 0.717) is 12.4 Å². The minimum atomic E-state index is -4.17. The Labute approximate surface area is 253 Å². The summed E-state index contributed by atoms with van der Waals surface area (Å²) in [5.41, 5.74) is 0.854. The molecule has 0 bridgehead atoms. The second kappa shape index (κ2) is 14.4. The zero-order chi connectivity index (χ0) is 30.4. The number of hydrogen-bond acceptors (Lipinski definition) is 9. The summed E-state index contributed by atoms with van der Waals surface area (Å²) in [7, 11) is -4.17. The van der Waals surface area contributed by atoms with Crippen LogP contribution >= 0.6 is 0 Å². The van der Waals surface area contributed by atoms with Gasteiger partial charge in [-0.3, -0.25) is 4.84 Å². The van der Waals surface area contributed by atoms with Crippen molar-refractivity contribution in [2.45, 2.75) is 94.0 Å². The summed E-state index contributed by atoms with van der Waals surface area (Å²) in [6.07, 6.45) is 1.05. The number of hydrogen-bond donors (Lipinski definition) is 2. The number of fused-ring (bicyclic) bond motifs is 1. The fourth-order valence-electron chi connectivity index (χ4n) is 5.74. The third-order valence-corrected chi connectivity index (χ3v) is 9.62. The third kappa shape index (κ3) is 8.25. The van der Waals surface area contributed by atoms with Gasteiger partial charge < -0.3 is 29.4 Å². The summed E-state index contributed by atoms with van der Waals surface area (Å²) < 4.78 is 51.0. The standard InChI is InChI=1S/C31H42N2O9S/c1-21(2)40-23-12-14-25(15-13-23)43(36,37)33(42-24-10-6-7-11-24)19-28(34)27(18-22-8-4-3-5-9-22)32-31(35)41-29-20-39-30-26(29)16-17-38-30/h3-5,8-9,12-15,21,24,26-30,34H,6-7,10-11,16-20H2,1-2H3,(H,32,35)/t26-,27?,28-,29?,30+/m0/s1. The summed E-state index contributed by atoms with van der Waals surface area (Å²) >= 11 is 0. The number of carbonyl (C=O) groups excluding carboxylic acids is 1. The van der Waals surface area contributed by atoms with Gasteiger partial charge in [0, 0.05) is 0 Å². The Hall–Kier alpha value is -2.74. The molecule has 12 heteroatoms. The highest BCUT2D eigenvalue weighted by molar-refractivity contribution is 7.89. The van der Waals surface area contributed by atoms with E-state index in [4.69, 9.17) is 23.8 Å². The highest BCUT2D eigenvalue weighted by Gasteiger charge is 2.44. The number of ether oxygens (including phenoxy) is 4. The van der Waals surface area contributed by atoms with E-state index in [1.54, 1.807) is 12.1 Å². The van der Waals surface area contributed by atoms with E-state index in [-0.39, 0.29) is 42.3 Å². The maximum atomic E-state index is 13.8. The first-order valence-electron chi connectivity index (χ1n) is 15.1. The highest BCUT2D eigenvalue weighted by atomic mass is 32.2. The summed E-state index contributed by atoms with van der Waals surface area (Å²) in [4.78, 5) is 19.1. The first kappa shape index (κ1) is 31.7. The number of nitrogens with zero attached hydrogens (tertiary/aromatic N) is 1. The zero-order valence-corrected chi connectivity index (χ0v) is 25.5. The van der Waals surface area contributed by atoms with Crippen LogP contribution in [0, 0.1) is 5.92 Å². The van der Waals surface area contributed by atoms with Gasteiger partial charge in [-0.2, -0.15) is 0 Å². The van der Waals surface area contributed by atoms with Gasteiger partial charge in [0.1, 0.15) is 11.9 Å². The summed E-state index contributed by atoms with van der Waals surface area (Å²) in [5, 5.41) is 14.3. The lowest BCUT2D eigenvalue weighted by molar-refractivity contribution is -0.145. The molecule has 5 rings (SSSR count). The first-order valence-corrected chi connectivity index (χ1v) is 16.5. The van der Waals surface area contributed by atoms with Gasteiger partial charge in [0.25, 0.3) is 10.0 Å². The average molecular weight is 619 g/mol. The van der Waals surface area contributed by atoms with Crippen molar-refractivity contribution < 1.29 is 42.1 Å². The number of aliphatic hydroxyl groups is 1. The number of carbonyl (C=O) groups is 1. The zero-order valence-electron chi connectivity index (χ0n) is 24.7. The number of alkyl carbamates (subject to hydrolysis) is 1. The number of sulfonamides is 1. The molecule has 1 amide bonds. The molecular weight excluding hydrogens is 576 g/mol. The van der Waals surface area contributed by atoms with Crippen LogP contribution in [0.4, 0.5) is 4.79 Å². The van der Waals surface area contributed by atoms with Crippen LogP contribution in [0.1, 0.15) is 51.5 Å². The molecule has 2 N–H and O–H groups in total. The lowest BCUT2D eigenvalue weighted by atomic mass is 10.0.